The molecule has 0 spiro atoms. The lowest BCUT2D eigenvalue weighted by molar-refractivity contribution is 0.209. The Hall–Kier alpha value is -3.65. The second-order valence-electron chi connectivity index (χ2n) is 9.56. The SMILES string of the molecule is CC(C)N1CCN(c2ccc(Nc3nc(-c4cnc5c(c4)CCCO5)cn4ccnc34)cc2)CC1. The first-order chi connectivity index (χ1) is 17.1. The number of fused-ring (bicyclic) bond motifs is 2. The van der Waals surface area contributed by atoms with Crippen molar-refractivity contribution in [3.05, 3.63) is 60.7 Å². The molecule has 0 saturated carbocycles. The van der Waals surface area contributed by atoms with Crippen molar-refractivity contribution in [3.8, 4) is 17.1 Å². The van der Waals surface area contributed by atoms with Crippen LogP contribution in [0.15, 0.2) is 55.1 Å². The zero-order valence-corrected chi connectivity index (χ0v) is 20.3. The lowest BCUT2D eigenvalue weighted by Gasteiger charge is -2.38. The van der Waals surface area contributed by atoms with Crippen molar-refractivity contribution in [2.24, 2.45) is 0 Å². The van der Waals surface area contributed by atoms with E-state index >= 15 is 0 Å². The first-order valence-electron chi connectivity index (χ1n) is 12.5. The van der Waals surface area contributed by atoms with E-state index in [1.54, 1.807) is 6.20 Å². The van der Waals surface area contributed by atoms with Crippen LogP contribution in [0.5, 0.6) is 5.88 Å². The number of benzene rings is 1. The smallest absolute Gasteiger partial charge is 0.216 e. The van der Waals surface area contributed by atoms with Crippen LogP contribution in [0.1, 0.15) is 25.8 Å². The van der Waals surface area contributed by atoms with Crippen LogP contribution in [0, 0.1) is 0 Å². The van der Waals surface area contributed by atoms with Crippen LogP contribution in [-0.4, -0.2) is 63.1 Å². The lowest BCUT2D eigenvalue weighted by Crippen LogP contribution is -2.48. The zero-order valence-electron chi connectivity index (χ0n) is 20.3. The number of ether oxygens (including phenoxy) is 1. The summed E-state index contributed by atoms with van der Waals surface area (Å²) in [5, 5.41) is 3.49. The van der Waals surface area contributed by atoms with Crippen LogP contribution in [0.25, 0.3) is 16.9 Å². The predicted octanol–water partition coefficient (Wildman–Crippen LogP) is 4.39. The van der Waals surface area contributed by atoms with Crippen molar-refractivity contribution in [1.82, 2.24) is 24.3 Å². The summed E-state index contributed by atoms with van der Waals surface area (Å²) in [4.78, 5) is 19.0. The van der Waals surface area contributed by atoms with Crippen LogP contribution >= 0.6 is 0 Å². The van der Waals surface area contributed by atoms with Crippen molar-refractivity contribution in [1.29, 1.82) is 0 Å². The maximum absolute atomic E-state index is 5.68. The molecule has 3 aromatic heterocycles. The highest BCUT2D eigenvalue weighted by molar-refractivity contribution is 5.74. The summed E-state index contributed by atoms with van der Waals surface area (Å²) in [6.45, 7) is 9.61. The number of hydrogen-bond donors (Lipinski definition) is 1. The minimum Gasteiger partial charge on any atom is -0.477 e. The molecule has 0 amide bonds. The van der Waals surface area contributed by atoms with Crippen LogP contribution in [0.2, 0.25) is 0 Å². The number of piperazine rings is 1. The number of aryl methyl sites for hydroxylation is 1. The van der Waals surface area contributed by atoms with E-state index in [0.717, 1.165) is 85.5 Å². The van der Waals surface area contributed by atoms with E-state index in [9.17, 15) is 0 Å². The Balaban J connectivity index is 1.24. The number of pyridine rings is 1. The number of hydrogen-bond acceptors (Lipinski definition) is 7. The lowest BCUT2D eigenvalue weighted by atomic mass is 10.1. The second-order valence-corrected chi connectivity index (χ2v) is 9.56. The van der Waals surface area contributed by atoms with Gasteiger partial charge < -0.3 is 19.4 Å². The number of aromatic nitrogens is 4. The van der Waals surface area contributed by atoms with Gasteiger partial charge >= 0.3 is 0 Å². The Morgan fingerprint density at radius 2 is 1.86 bits per heavy atom. The Morgan fingerprint density at radius 1 is 1.03 bits per heavy atom. The summed E-state index contributed by atoms with van der Waals surface area (Å²) in [5.74, 6) is 1.47. The predicted molar refractivity (Wildman–Crippen MR) is 139 cm³/mol. The number of nitrogens with zero attached hydrogens (tertiary/aromatic N) is 6. The van der Waals surface area contributed by atoms with E-state index in [2.05, 4.69) is 69.3 Å². The molecule has 1 saturated heterocycles. The quantitative estimate of drug-likeness (QED) is 0.465. The molecule has 6 rings (SSSR count). The molecule has 8 nitrogen and oxygen atoms in total. The fourth-order valence-corrected chi connectivity index (χ4v) is 4.92. The molecular formula is C27H31N7O. The van der Waals surface area contributed by atoms with E-state index in [1.807, 2.05) is 23.0 Å². The topological polar surface area (TPSA) is 70.8 Å². The molecule has 5 heterocycles. The van der Waals surface area contributed by atoms with Crippen molar-refractivity contribution in [2.45, 2.75) is 32.7 Å². The fraction of sp³-hybridized carbons (Fsp3) is 0.370. The van der Waals surface area contributed by atoms with Gasteiger partial charge in [0.25, 0.3) is 0 Å². The highest BCUT2D eigenvalue weighted by Crippen LogP contribution is 2.29. The number of imidazole rings is 1. The van der Waals surface area contributed by atoms with E-state index in [0.29, 0.717) is 6.04 Å². The zero-order chi connectivity index (χ0) is 23.8. The number of nitrogens with one attached hydrogen (secondary N) is 1. The van der Waals surface area contributed by atoms with Gasteiger partial charge in [0.1, 0.15) is 0 Å². The molecule has 2 aliphatic rings. The van der Waals surface area contributed by atoms with Gasteiger partial charge in [0.05, 0.1) is 12.3 Å². The molecule has 35 heavy (non-hydrogen) atoms. The van der Waals surface area contributed by atoms with Gasteiger partial charge in [-0.15, -0.1) is 0 Å². The fourth-order valence-electron chi connectivity index (χ4n) is 4.92. The van der Waals surface area contributed by atoms with Gasteiger partial charge in [-0.25, -0.2) is 15.0 Å². The molecule has 0 atom stereocenters. The van der Waals surface area contributed by atoms with E-state index in [-0.39, 0.29) is 0 Å². The summed E-state index contributed by atoms with van der Waals surface area (Å²) >= 11 is 0. The highest BCUT2D eigenvalue weighted by Gasteiger charge is 2.19. The standard InChI is InChI=1S/C27H31N7O/c1-19(2)32-11-13-33(14-12-32)23-7-5-22(6-8-23)30-25-26-28-9-10-34(26)18-24(31-25)21-16-20-4-3-15-35-27(20)29-17-21/h5-10,16-19H,3-4,11-15H2,1-2H3,(H,30,31). The number of rotatable bonds is 5. The van der Waals surface area contributed by atoms with Crippen molar-refractivity contribution in [3.63, 3.8) is 0 Å². The van der Waals surface area contributed by atoms with E-state index in [4.69, 9.17) is 9.72 Å². The van der Waals surface area contributed by atoms with Gasteiger partial charge in [0.15, 0.2) is 11.5 Å². The molecule has 4 aromatic rings. The minimum absolute atomic E-state index is 0.608. The van der Waals surface area contributed by atoms with Gasteiger partial charge in [-0.3, -0.25) is 4.90 Å². The normalized spacial score (nSPS) is 16.4. The summed E-state index contributed by atoms with van der Waals surface area (Å²) in [5.41, 5.74) is 6.00. The average Bonchev–Trinajstić information content (AvgIpc) is 3.38. The third kappa shape index (κ3) is 4.41. The average molecular weight is 470 g/mol. The molecular weight excluding hydrogens is 438 g/mol. The number of anilines is 3. The van der Waals surface area contributed by atoms with Crippen LogP contribution < -0.4 is 15.0 Å². The monoisotopic (exact) mass is 469 g/mol. The Morgan fingerprint density at radius 3 is 2.66 bits per heavy atom. The molecule has 0 aliphatic carbocycles. The largest absolute Gasteiger partial charge is 0.477 e. The molecule has 2 aliphatic heterocycles. The summed E-state index contributed by atoms with van der Waals surface area (Å²) in [6, 6.07) is 11.4. The summed E-state index contributed by atoms with van der Waals surface area (Å²) in [7, 11) is 0. The summed E-state index contributed by atoms with van der Waals surface area (Å²) < 4.78 is 7.68. The van der Waals surface area contributed by atoms with Crippen LogP contribution in [0.4, 0.5) is 17.2 Å². The maximum atomic E-state index is 5.68. The first-order valence-corrected chi connectivity index (χ1v) is 12.5. The Bertz CT molecular complexity index is 1320. The molecule has 1 fully saturated rings. The van der Waals surface area contributed by atoms with Gasteiger partial charge in [0, 0.05) is 79.5 Å². The third-order valence-corrected chi connectivity index (χ3v) is 6.96. The van der Waals surface area contributed by atoms with Crippen molar-refractivity contribution >= 4 is 22.8 Å². The molecule has 8 heteroatoms. The van der Waals surface area contributed by atoms with Crippen LogP contribution in [0.3, 0.4) is 0 Å². The van der Waals surface area contributed by atoms with Gasteiger partial charge in [0.2, 0.25) is 5.88 Å². The second kappa shape index (κ2) is 9.19. The first kappa shape index (κ1) is 21.9. The van der Waals surface area contributed by atoms with Crippen LogP contribution in [-0.2, 0) is 6.42 Å². The molecule has 1 aromatic carbocycles. The Kier molecular flexibility index (Phi) is 5.74. The van der Waals surface area contributed by atoms with Gasteiger partial charge in [-0.2, -0.15) is 0 Å². The molecule has 0 radical (unpaired) electrons. The maximum Gasteiger partial charge on any atom is 0.216 e. The Labute approximate surface area is 205 Å². The third-order valence-electron chi connectivity index (χ3n) is 6.96. The highest BCUT2D eigenvalue weighted by atomic mass is 16.5. The molecule has 180 valence electrons. The van der Waals surface area contributed by atoms with Gasteiger partial charge in [-0.05, 0) is 57.0 Å². The van der Waals surface area contributed by atoms with E-state index < -0.39 is 0 Å². The molecule has 0 bridgehead atoms. The van der Waals surface area contributed by atoms with E-state index in [1.165, 1.54) is 5.69 Å². The molecule has 0 unspecified atom stereocenters. The molecule has 1 N–H and O–H groups in total. The van der Waals surface area contributed by atoms with Gasteiger partial charge in [-0.1, -0.05) is 0 Å². The summed E-state index contributed by atoms with van der Waals surface area (Å²) in [6.07, 6.45) is 9.58. The van der Waals surface area contributed by atoms with Crippen molar-refractivity contribution in [2.75, 3.05) is 43.0 Å². The van der Waals surface area contributed by atoms with Crippen molar-refractivity contribution < 1.29 is 4.74 Å². The minimum atomic E-state index is 0.608.